The van der Waals surface area contributed by atoms with Crippen molar-refractivity contribution < 1.29 is 14.3 Å². The molecule has 0 bridgehead atoms. The lowest BCUT2D eigenvalue weighted by Gasteiger charge is -2.09. The summed E-state index contributed by atoms with van der Waals surface area (Å²) in [6.07, 6.45) is 0. The molecular formula is C19H18ClN5O3. The van der Waals surface area contributed by atoms with Crippen LogP contribution in [0.3, 0.4) is 0 Å². The molecule has 0 fully saturated rings. The van der Waals surface area contributed by atoms with Crippen molar-refractivity contribution in [3.8, 4) is 5.69 Å². The van der Waals surface area contributed by atoms with Crippen molar-refractivity contribution in [3.63, 3.8) is 0 Å². The number of ether oxygens (including phenoxy) is 1. The summed E-state index contributed by atoms with van der Waals surface area (Å²) < 4.78 is 6.76. The van der Waals surface area contributed by atoms with Gasteiger partial charge in [0.15, 0.2) is 5.69 Å². The van der Waals surface area contributed by atoms with Crippen LogP contribution < -0.4 is 10.6 Å². The van der Waals surface area contributed by atoms with Gasteiger partial charge in [-0.2, -0.15) is 0 Å². The predicted molar refractivity (Wildman–Crippen MR) is 106 cm³/mol. The minimum atomic E-state index is -0.417. The van der Waals surface area contributed by atoms with Crippen LogP contribution in [0.15, 0.2) is 48.5 Å². The molecule has 1 heterocycles. The van der Waals surface area contributed by atoms with Crippen molar-refractivity contribution in [1.29, 1.82) is 0 Å². The van der Waals surface area contributed by atoms with Gasteiger partial charge >= 0.3 is 0 Å². The van der Waals surface area contributed by atoms with E-state index in [9.17, 15) is 9.59 Å². The van der Waals surface area contributed by atoms with Gasteiger partial charge < -0.3 is 15.4 Å². The van der Waals surface area contributed by atoms with Crippen LogP contribution >= 0.6 is 11.6 Å². The molecule has 0 aliphatic carbocycles. The van der Waals surface area contributed by atoms with Crippen LogP contribution in [0.2, 0.25) is 5.02 Å². The molecule has 2 N–H and O–H groups in total. The standard InChI is InChI=1S/C19H18ClN5O3/c1-12(26)21-14-5-7-15(8-6-14)22-19(27)18-17(11-28-2)25(24-23-18)16-9-3-13(20)4-10-16/h3-10H,11H2,1-2H3,(H,21,26)(H,22,27). The van der Waals surface area contributed by atoms with E-state index in [-0.39, 0.29) is 18.2 Å². The molecule has 0 atom stereocenters. The first kappa shape index (κ1) is 19.5. The summed E-state index contributed by atoms with van der Waals surface area (Å²) in [5.41, 5.74) is 2.57. The van der Waals surface area contributed by atoms with Gasteiger partial charge in [0.1, 0.15) is 5.69 Å². The maximum atomic E-state index is 12.7. The molecule has 2 aromatic carbocycles. The Bertz CT molecular complexity index is 984. The Morgan fingerprint density at radius 1 is 1.04 bits per heavy atom. The average molecular weight is 400 g/mol. The Labute approximate surface area is 166 Å². The predicted octanol–water partition coefficient (Wildman–Crippen LogP) is 3.28. The molecule has 0 aliphatic rings. The third-order valence-electron chi connectivity index (χ3n) is 3.79. The first-order valence-electron chi connectivity index (χ1n) is 8.36. The summed E-state index contributed by atoms with van der Waals surface area (Å²) in [5.74, 6) is -0.584. The molecule has 0 radical (unpaired) electrons. The number of aromatic nitrogens is 3. The van der Waals surface area contributed by atoms with Crippen molar-refractivity contribution in [1.82, 2.24) is 15.0 Å². The summed E-state index contributed by atoms with van der Waals surface area (Å²) in [6.45, 7) is 1.58. The fourth-order valence-electron chi connectivity index (χ4n) is 2.56. The van der Waals surface area contributed by atoms with Crippen LogP contribution in [0.25, 0.3) is 5.69 Å². The lowest BCUT2D eigenvalue weighted by atomic mass is 10.2. The smallest absolute Gasteiger partial charge is 0.278 e. The van der Waals surface area contributed by atoms with Gasteiger partial charge in [0.2, 0.25) is 5.91 Å². The van der Waals surface area contributed by atoms with Crippen LogP contribution in [-0.2, 0) is 16.1 Å². The molecule has 8 nitrogen and oxygen atoms in total. The minimum Gasteiger partial charge on any atom is -0.378 e. The van der Waals surface area contributed by atoms with Crippen molar-refractivity contribution in [2.24, 2.45) is 0 Å². The average Bonchev–Trinajstić information content (AvgIpc) is 3.08. The maximum Gasteiger partial charge on any atom is 0.278 e. The molecular weight excluding hydrogens is 382 g/mol. The number of methoxy groups -OCH3 is 1. The van der Waals surface area contributed by atoms with Crippen LogP contribution in [0, 0.1) is 0 Å². The first-order valence-corrected chi connectivity index (χ1v) is 8.74. The maximum absolute atomic E-state index is 12.7. The van der Waals surface area contributed by atoms with Gasteiger partial charge in [0, 0.05) is 30.4 Å². The third kappa shape index (κ3) is 4.54. The van der Waals surface area contributed by atoms with E-state index in [1.54, 1.807) is 48.5 Å². The van der Waals surface area contributed by atoms with Gasteiger partial charge in [-0.15, -0.1) is 5.10 Å². The third-order valence-corrected chi connectivity index (χ3v) is 4.05. The van der Waals surface area contributed by atoms with Gasteiger partial charge in [-0.25, -0.2) is 4.68 Å². The monoisotopic (exact) mass is 399 g/mol. The number of halogens is 1. The largest absolute Gasteiger partial charge is 0.378 e. The highest BCUT2D eigenvalue weighted by Gasteiger charge is 2.20. The van der Waals surface area contributed by atoms with Crippen molar-refractivity contribution in [3.05, 3.63) is 64.9 Å². The van der Waals surface area contributed by atoms with Crippen LogP contribution in [0.5, 0.6) is 0 Å². The molecule has 2 amide bonds. The number of amides is 2. The van der Waals surface area contributed by atoms with E-state index in [0.29, 0.717) is 27.8 Å². The second-order valence-corrected chi connectivity index (χ2v) is 6.36. The Hall–Kier alpha value is -3.23. The fourth-order valence-corrected chi connectivity index (χ4v) is 2.69. The number of benzene rings is 2. The number of nitrogens with one attached hydrogen (secondary N) is 2. The van der Waals surface area contributed by atoms with Gasteiger partial charge in [-0.05, 0) is 48.5 Å². The van der Waals surface area contributed by atoms with E-state index in [2.05, 4.69) is 20.9 Å². The van der Waals surface area contributed by atoms with Gasteiger partial charge in [0.25, 0.3) is 5.91 Å². The Morgan fingerprint density at radius 2 is 1.64 bits per heavy atom. The van der Waals surface area contributed by atoms with Crippen LogP contribution in [0.1, 0.15) is 23.1 Å². The number of carbonyl (C=O) groups is 2. The van der Waals surface area contributed by atoms with Gasteiger partial charge in [-0.1, -0.05) is 16.8 Å². The number of hydrogen-bond acceptors (Lipinski definition) is 5. The van der Waals surface area contributed by atoms with E-state index in [1.807, 2.05) is 0 Å². The molecule has 0 saturated heterocycles. The van der Waals surface area contributed by atoms with E-state index < -0.39 is 5.91 Å². The van der Waals surface area contributed by atoms with Crippen LogP contribution in [-0.4, -0.2) is 33.9 Å². The van der Waals surface area contributed by atoms with E-state index in [4.69, 9.17) is 16.3 Å². The summed E-state index contributed by atoms with van der Waals surface area (Å²) >= 11 is 5.93. The van der Waals surface area contributed by atoms with Crippen molar-refractivity contribution in [2.75, 3.05) is 17.7 Å². The zero-order chi connectivity index (χ0) is 20.1. The molecule has 0 aliphatic heterocycles. The second kappa shape index (κ2) is 8.64. The molecule has 144 valence electrons. The Balaban J connectivity index is 1.83. The van der Waals surface area contributed by atoms with Crippen molar-refractivity contribution >= 4 is 34.8 Å². The highest BCUT2D eigenvalue weighted by atomic mass is 35.5. The van der Waals surface area contributed by atoms with Crippen molar-refractivity contribution in [2.45, 2.75) is 13.5 Å². The second-order valence-electron chi connectivity index (χ2n) is 5.92. The number of hydrogen-bond donors (Lipinski definition) is 2. The zero-order valence-electron chi connectivity index (χ0n) is 15.3. The molecule has 1 aromatic heterocycles. The van der Waals surface area contributed by atoms with E-state index >= 15 is 0 Å². The van der Waals surface area contributed by atoms with E-state index in [0.717, 1.165) is 0 Å². The number of anilines is 2. The normalized spacial score (nSPS) is 10.5. The highest BCUT2D eigenvalue weighted by molar-refractivity contribution is 6.30. The SMILES string of the molecule is COCc1c(C(=O)Nc2ccc(NC(C)=O)cc2)nnn1-c1ccc(Cl)cc1. The summed E-state index contributed by atoms with van der Waals surface area (Å²) in [4.78, 5) is 23.8. The Morgan fingerprint density at radius 3 is 2.21 bits per heavy atom. The lowest BCUT2D eigenvalue weighted by molar-refractivity contribution is -0.114. The molecule has 0 unspecified atom stereocenters. The lowest BCUT2D eigenvalue weighted by Crippen LogP contribution is -2.16. The summed E-state index contributed by atoms with van der Waals surface area (Å²) in [6, 6.07) is 13.8. The molecule has 0 spiro atoms. The number of carbonyl (C=O) groups excluding carboxylic acids is 2. The molecule has 3 rings (SSSR count). The number of nitrogens with zero attached hydrogens (tertiary/aromatic N) is 3. The molecule has 28 heavy (non-hydrogen) atoms. The molecule has 3 aromatic rings. The summed E-state index contributed by atoms with van der Waals surface area (Å²) in [7, 11) is 1.53. The Kier molecular flexibility index (Phi) is 6.03. The van der Waals surface area contributed by atoms with E-state index in [1.165, 1.54) is 18.7 Å². The highest BCUT2D eigenvalue weighted by Crippen LogP contribution is 2.19. The topological polar surface area (TPSA) is 98.1 Å². The molecule has 9 heteroatoms. The van der Waals surface area contributed by atoms with Gasteiger partial charge in [-0.3, -0.25) is 9.59 Å². The minimum absolute atomic E-state index is 0.153. The zero-order valence-corrected chi connectivity index (χ0v) is 16.0. The number of rotatable bonds is 6. The quantitative estimate of drug-likeness (QED) is 0.662. The van der Waals surface area contributed by atoms with Gasteiger partial charge in [0.05, 0.1) is 12.3 Å². The van der Waals surface area contributed by atoms with Crippen LogP contribution in [0.4, 0.5) is 11.4 Å². The first-order chi connectivity index (χ1) is 13.5. The fraction of sp³-hybridized carbons (Fsp3) is 0.158. The molecule has 0 saturated carbocycles. The summed E-state index contributed by atoms with van der Waals surface area (Å²) in [5, 5.41) is 14.1.